The van der Waals surface area contributed by atoms with Crippen molar-refractivity contribution in [3.8, 4) is 5.75 Å². The quantitative estimate of drug-likeness (QED) is 0.816. The monoisotopic (exact) mass is 239 g/mol. The number of ether oxygens (including phenoxy) is 1. The summed E-state index contributed by atoms with van der Waals surface area (Å²) in [4.78, 5) is 0. The molecule has 0 amide bonds. The normalized spacial score (nSPS) is 17.6. The highest BCUT2D eigenvalue weighted by Gasteiger charge is 2.21. The highest BCUT2D eigenvalue weighted by molar-refractivity contribution is 5.59. The summed E-state index contributed by atoms with van der Waals surface area (Å²) in [6.07, 6.45) is 0. The van der Waals surface area contributed by atoms with Crippen LogP contribution in [0.5, 0.6) is 5.75 Å². The van der Waals surface area contributed by atoms with Crippen LogP contribution in [0.1, 0.15) is 22.7 Å². The maximum Gasteiger partial charge on any atom is 0.142 e. The number of aryl methyl sites for hydroxylation is 2. The van der Waals surface area contributed by atoms with E-state index in [9.17, 15) is 0 Å². The van der Waals surface area contributed by atoms with Crippen LogP contribution in [0, 0.1) is 13.8 Å². The van der Waals surface area contributed by atoms with Gasteiger partial charge in [-0.15, -0.1) is 0 Å². The van der Waals surface area contributed by atoms with Gasteiger partial charge in [0.15, 0.2) is 0 Å². The lowest BCUT2D eigenvalue weighted by Crippen LogP contribution is -2.24. The van der Waals surface area contributed by atoms with E-state index in [0.29, 0.717) is 6.61 Å². The zero-order valence-electron chi connectivity index (χ0n) is 10.7. The third kappa shape index (κ3) is 1.94. The minimum Gasteiger partial charge on any atom is -0.489 e. The van der Waals surface area contributed by atoms with Gasteiger partial charge in [0.1, 0.15) is 12.4 Å². The van der Waals surface area contributed by atoms with E-state index in [1.54, 1.807) is 0 Å². The smallest absolute Gasteiger partial charge is 0.142 e. The van der Waals surface area contributed by atoms with Crippen molar-refractivity contribution < 1.29 is 4.74 Å². The summed E-state index contributed by atoms with van der Waals surface area (Å²) in [6, 6.07) is 14.9. The summed E-state index contributed by atoms with van der Waals surface area (Å²) in [5.41, 5.74) is 5.00. The molecule has 1 N–H and O–H groups in total. The van der Waals surface area contributed by atoms with Crippen LogP contribution in [0.3, 0.4) is 0 Å². The van der Waals surface area contributed by atoms with Gasteiger partial charge in [-0.25, -0.2) is 0 Å². The fourth-order valence-electron chi connectivity index (χ4n) is 2.42. The standard InChI is InChI=1S/C16H17NO/c1-11-7-8-12(2)13(9-11)15-10-18-16-6-4-3-5-14(16)17-15/h3-9,15,17H,10H2,1-2H3. The van der Waals surface area contributed by atoms with Crippen LogP contribution in [0.25, 0.3) is 0 Å². The molecule has 2 nitrogen and oxygen atoms in total. The van der Waals surface area contributed by atoms with Gasteiger partial charge in [0.05, 0.1) is 11.7 Å². The number of benzene rings is 2. The predicted octanol–water partition coefficient (Wildman–Crippen LogP) is 3.85. The minimum atomic E-state index is 0.236. The van der Waals surface area contributed by atoms with Crippen molar-refractivity contribution in [2.24, 2.45) is 0 Å². The molecule has 1 aliphatic heterocycles. The van der Waals surface area contributed by atoms with E-state index < -0.39 is 0 Å². The Hall–Kier alpha value is -1.96. The molecule has 0 aromatic heterocycles. The Morgan fingerprint density at radius 2 is 1.94 bits per heavy atom. The van der Waals surface area contributed by atoms with Gasteiger partial charge < -0.3 is 10.1 Å². The third-order valence-electron chi connectivity index (χ3n) is 3.43. The molecule has 3 rings (SSSR count). The summed E-state index contributed by atoms with van der Waals surface area (Å²) < 4.78 is 5.82. The van der Waals surface area contributed by atoms with Gasteiger partial charge in [0.25, 0.3) is 0 Å². The largest absolute Gasteiger partial charge is 0.489 e. The van der Waals surface area contributed by atoms with E-state index in [2.05, 4.69) is 43.4 Å². The number of nitrogens with one attached hydrogen (secondary N) is 1. The Morgan fingerprint density at radius 3 is 2.83 bits per heavy atom. The van der Waals surface area contributed by atoms with Gasteiger partial charge in [0, 0.05) is 0 Å². The first-order valence-electron chi connectivity index (χ1n) is 6.29. The highest BCUT2D eigenvalue weighted by atomic mass is 16.5. The van der Waals surface area contributed by atoms with Gasteiger partial charge in [-0.2, -0.15) is 0 Å². The third-order valence-corrected chi connectivity index (χ3v) is 3.43. The molecule has 0 saturated heterocycles. The SMILES string of the molecule is Cc1ccc(C)c(C2COc3ccccc3N2)c1. The second-order valence-corrected chi connectivity index (χ2v) is 4.86. The first kappa shape index (κ1) is 11.1. The van der Waals surface area contributed by atoms with Crippen LogP contribution >= 0.6 is 0 Å². The fourth-order valence-corrected chi connectivity index (χ4v) is 2.42. The Bertz CT molecular complexity index is 577. The van der Waals surface area contributed by atoms with E-state index >= 15 is 0 Å². The van der Waals surface area contributed by atoms with Crippen molar-refractivity contribution in [3.05, 3.63) is 59.2 Å². The second-order valence-electron chi connectivity index (χ2n) is 4.86. The number of hydrogen-bond acceptors (Lipinski definition) is 2. The van der Waals surface area contributed by atoms with Gasteiger partial charge in [-0.05, 0) is 37.1 Å². The maximum atomic E-state index is 5.82. The Balaban J connectivity index is 1.94. The molecular formula is C16H17NO. The summed E-state index contributed by atoms with van der Waals surface area (Å²) in [6.45, 7) is 4.96. The number of anilines is 1. The predicted molar refractivity (Wildman–Crippen MR) is 74.2 cm³/mol. The van der Waals surface area contributed by atoms with Gasteiger partial charge >= 0.3 is 0 Å². The van der Waals surface area contributed by atoms with Crippen LogP contribution in [-0.2, 0) is 0 Å². The highest BCUT2D eigenvalue weighted by Crippen LogP contribution is 2.34. The Morgan fingerprint density at radius 1 is 1.11 bits per heavy atom. The van der Waals surface area contributed by atoms with Crippen molar-refractivity contribution in [2.45, 2.75) is 19.9 Å². The average molecular weight is 239 g/mol. The van der Waals surface area contributed by atoms with Gasteiger partial charge in [-0.3, -0.25) is 0 Å². The molecule has 2 aromatic rings. The summed E-state index contributed by atoms with van der Waals surface area (Å²) in [5, 5.41) is 3.56. The van der Waals surface area contributed by atoms with Crippen molar-refractivity contribution in [1.82, 2.24) is 0 Å². The topological polar surface area (TPSA) is 21.3 Å². The van der Waals surface area contributed by atoms with Crippen molar-refractivity contribution in [2.75, 3.05) is 11.9 Å². The lowest BCUT2D eigenvalue weighted by atomic mass is 9.98. The molecule has 1 heterocycles. The van der Waals surface area contributed by atoms with E-state index in [0.717, 1.165) is 11.4 Å². The van der Waals surface area contributed by atoms with Gasteiger partial charge in [-0.1, -0.05) is 35.9 Å². The van der Waals surface area contributed by atoms with Crippen LogP contribution in [0.2, 0.25) is 0 Å². The minimum absolute atomic E-state index is 0.236. The summed E-state index contributed by atoms with van der Waals surface area (Å²) >= 11 is 0. The zero-order valence-corrected chi connectivity index (χ0v) is 10.7. The fraction of sp³-hybridized carbons (Fsp3) is 0.250. The van der Waals surface area contributed by atoms with E-state index in [1.807, 2.05) is 18.2 Å². The number of fused-ring (bicyclic) bond motifs is 1. The first-order chi connectivity index (χ1) is 8.74. The van der Waals surface area contributed by atoms with Crippen molar-refractivity contribution in [1.29, 1.82) is 0 Å². The summed E-state index contributed by atoms with van der Waals surface area (Å²) in [7, 11) is 0. The Labute approximate surface area is 108 Å². The molecule has 1 atom stereocenters. The molecular weight excluding hydrogens is 222 g/mol. The average Bonchev–Trinajstić information content (AvgIpc) is 2.41. The van der Waals surface area contributed by atoms with Crippen LogP contribution in [0.4, 0.5) is 5.69 Å². The maximum absolute atomic E-state index is 5.82. The molecule has 0 fully saturated rings. The molecule has 2 heteroatoms. The van der Waals surface area contributed by atoms with Crippen LogP contribution in [-0.4, -0.2) is 6.61 Å². The molecule has 0 radical (unpaired) electrons. The molecule has 0 bridgehead atoms. The van der Waals surface area contributed by atoms with Crippen LogP contribution < -0.4 is 10.1 Å². The summed E-state index contributed by atoms with van der Waals surface area (Å²) in [5.74, 6) is 0.944. The van der Waals surface area contributed by atoms with Crippen molar-refractivity contribution >= 4 is 5.69 Å². The van der Waals surface area contributed by atoms with E-state index in [-0.39, 0.29) is 6.04 Å². The molecule has 0 saturated carbocycles. The Kier molecular flexibility index (Phi) is 2.71. The lowest BCUT2D eigenvalue weighted by Gasteiger charge is -2.28. The molecule has 18 heavy (non-hydrogen) atoms. The number of para-hydroxylation sites is 2. The van der Waals surface area contributed by atoms with Gasteiger partial charge in [0.2, 0.25) is 0 Å². The number of rotatable bonds is 1. The second kappa shape index (κ2) is 4.37. The molecule has 2 aromatic carbocycles. The molecule has 1 unspecified atom stereocenters. The molecule has 0 spiro atoms. The molecule has 0 aliphatic carbocycles. The molecule has 1 aliphatic rings. The van der Waals surface area contributed by atoms with E-state index in [4.69, 9.17) is 4.74 Å². The van der Waals surface area contributed by atoms with E-state index in [1.165, 1.54) is 16.7 Å². The lowest BCUT2D eigenvalue weighted by molar-refractivity contribution is 0.286. The van der Waals surface area contributed by atoms with Crippen molar-refractivity contribution in [3.63, 3.8) is 0 Å². The molecule has 92 valence electrons. The zero-order chi connectivity index (χ0) is 12.5. The first-order valence-corrected chi connectivity index (χ1v) is 6.29. The number of hydrogen-bond donors (Lipinski definition) is 1. The van der Waals surface area contributed by atoms with Crippen LogP contribution in [0.15, 0.2) is 42.5 Å².